The molecule has 1 amide bonds. The van der Waals surface area contributed by atoms with Crippen LogP contribution in [0, 0.1) is 11.3 Å². The Kier molecular flexibility index (Phi) is 5.17. The molecule has 3 aromatic rings. The van der Waals surface area contributed by atoms with E-state index in [-0.39, 0.29) is 12.5 Å². The first-order valence-electron chi connectivity index (χ1n) is 7.70. The van der Waals surface area contributed by atoms with E-state index in [9.17, 15) is 4.79 Å². The second-order valence-electron chi connectivity index (χ2n) is 5.31. The van der Waals surface area contributed by atoms with Gasteiger partial charge in [-0.15, -0.1) is 0 Å². The molecule has 1 aromatic carbocycles. The van der Waals surface area contributed by atoms with Crippen LogP contribution in [0.5, 0.6) is 5.75 Å². The number of ether oxygens (including phenoxy) is 1. The second kappa shape index (κ2) is 7.88. The van der Waals surface area contributed by atoms with Crippen molar-refractivity contribution in [1.82, 2.24) is 4.90 Å². The van der Waals surface area contributed by atoms with Crippen molar-refractivity contribution in [1.29, 1.82) is 5.26 Å². The second-order valence-corrected chi connectivity index (χ2v) is 5.31. The van der Waals surface area contributed by atoms with Crippen molar-refractivity contribution in [2.75, 3.05) is 6.61 Å². The number of para-hydroxylation sites is 1. The number of rotatable bonds is 7. The van der Waals surface area contributed by atoms with E-state index >= 15 is 0 Å². The molecule has 3 rings (SSSR count). The smallest absolute Gasteiger partial charge is 0.261 e. The van der Waals surface area contributed by atoms with Gasteiger partial charge >= 0.3 is 0 Å². The summed E-state index contributed by atoms with van der Waals surface area (Å²) in [4.78, 5) is 14.2. The van der Waals surface area contributed by atoms with E-state index in [4.69, 9.17) is 18.8 Å². The van der Waals surface area contributed by atoms with Crippen molar-refractivity contribution in [3.8, 4) is 11.8 Å². The molecule has 0 aliphatic heterocycles. The van der Waals surface area contributed by atoms with Gasteiger partial charge in [0.05, 0.1) is 31.2 Å². The first kappa shape index (κ1) is 16.4. The van der Waals surface area contributed by atoms with Crippen LogP contribution in [0.25, 0.3) is 0 Å². The standard InChI is InChI=1S/C19H16N2O4/c20-11-15-5-1-2-8-18(15)25-14-19(22)21(12-16-6-3-9-23-16)13-17-7-4-10-24-17/h1-10H,12-14H2. The van der Waals surface area contributed by atoms with Crippen molar-refractivity contribution in [2.24, 2.45) is 0 Å². The summed E-state index contributed by atoms with van der Waals surface area (Å²) in [5, 5.41) is 9.09. The summed E-state index contributed by atoms with van der Waals surface area (Å²) < 4.78 is 16.2. The molecule has 6 nitrogen and oxygen atoms in total. The fraction of sp³-hybridized carbons (Fsp3) is 0.158. The summed E-state index contributed by atoms with van der Waals surface area (Å²) in [6.45, 7) is 0.422. The monoisotopic (exact) mass is 336 g/mol. The van der Waals surface area contributed by atoms with Crippen LogP contribution >= 0.6 is 0 Å². The highest BCUT2D eigenvalue weighted by Gasteiger charge is 2.18. The summed E-state index contributed by atoms with van der Waals surface area (Å²) in [5.41, 5.74) is 0.388. The van der Waals surface area contributed by atoms with Crippen LogP contribution in [0.3, 0.4) is 0 Å². The average Bonchev–Trinajstić information content (AvgIpc) is 3.33. The van der Waals surface area contributed by atoms with Gasteiger partial charge in [-0.3, -0.25) is 4.79 Å². The van der Waals surface area contributed by atoms with E-state index in [1.807, 2.05) is 6.07 Å². The highest BCUT2D eigenvalue weighted by Crippen LogP contribution is 2.17. The Morgan fingerprint density at radius 2 is 1.64 bits per heavy atom. The summed E-state index contributed by atoms with van der Waals surface area (Å²) in [6, 6.07) is 16.0. The number of hydrogen-bond donors (Lipinski definition) is 0. The van der Waals surface area contributed by atoms with E-state index in [0.29, 0.717) is 35.9 Å². The zero-order valence-corrected chi connectivity index (χ0v) is 13.4. The van der Waals surface area contributed by atoms with Gasteiger partial charge in [0.1, 0.15) is 23.3 Å². The number of nitrogens with zero attached hydrogens (tertiary/aromatic N) is 2. The van der Waals surface area contributed by atoms with E-state index < -0.39 is 0 Å². The number of amides is 1. The maximum Gasteiger partial charge on any atom is 0.261 e. The number of nitriles is 1. The molecule has 0 saturated carbocycles. The molecule has 6 heteroatoms. The molecule has 0 bridgehead atoms. The molecule has 25 heavy (non-hydrogen) atoms. The minimum Gasteiger partial charge on any atom is -0.482 e. The van der Waals surface area contributed by atoms with Crippen LogP contribution in [0.2, 0.25) is 0 Å². The molecule has 0 aliphatic rings. The number of carbonyl (C=O) groups is 1. The SMILES string of the molecule is N#Cc1ccccc1OCC(=O)N(Cc1ccco1)Cc1ccco1. The zero-order chi connectivity index (χ0) is 17.5. The van der Waals surface area contributed by atoms with Crippen molar-refractivity contribution in [3.05, 3.63) is 78.1 Å². The molecular formula is C19H16N2O4. The molecule has 0 fully saturated rings. The average molecular weight is 336 g/mol. The third kappa shape index (κ3) is 4.30. The first-order valence-corrected chi connectivity index (χ1v) is 7.70. The fourth-order valence-corrected chi connectivity index (χ4v) is 2.33. The molecule has 0 atom stereocenters. The molecule has 2 heterocycles. The van der Waals surface area contributed by atoms with Gasteiger partial charge in [-0.1, -0.05) is 12.1 Å². The molecule has 126 valence electrons. The van der Waals surface area contributed by atoms with E-state index in [0.717, 1.165) is 0 Å². The Bertz CT molecular complexity index is 812. The summed E-state index contributed by atoms with van der Waals surface area (Å²) >= 11 is 0. The fourth-order valence-electron chi connectivity index (χ4n) is 2.33. The molecule has 0 spiro atoms. The van der Waals surface area contributed by atoms with Gasteiger partial charge in [-0.05, 0) is 36.4 Å². The van der Waals surface area contributed by atoms with Crippen LogP contribution in [0.15, 0.2) is 69.9 Å². The van der Waals surface area contributed by atoms with E-state index in [1.165, 1.54) is 0 Å². The van der Waals surface area contributed by atoms with E-state index in [1.54, 1.807) is 66.0 Å². The Balaban J connectivity index is 1.69. The molecule has 0 radical (unpaired) electrons. The Morgan fingerprint density at radius 3 is 2.20 bits per heavy atom. The minimum atomic E-state index is -0.236. The van der Waals surface area contributed by atoms with Gasteiger partial charge in [-0.25, -0.2) is 0 Å². The van der Waals surface area contributed by atoms with Crippen LogP contribution in [-0.2, 0) is 17.9 Å². The van der Waals surface area contributed by atoms with Crippen LogP contribution < -0.4 is 4.74 Å². The van der Waals surface area contributed by atoms with Gasteiger partial charge in [-0.2, -0.15) is 5.26 Å². The molecule has 2 aromatic heterocycles. The molecule has 0 saturated heterocycles. The lowest BCUT2D eigenvalue weighted by molar-refractivity contribution is -0.135. The highest BCUT2D eigenvalue weighted by molar-refractivity contribution is 5.77. The van der Waals surface area contributed by atoms with Crippen LogP contribution in [0.1, 0.15) is 17.1 Å². The first-order chi connectivity index (χ1) is 12.3. The Hall–Kier alpha value is -3.46. The van der Waals surface area contributed by atoms with Crippen molar-refractivity contribution in [2.45, 2.75) is 13.1 Å². The normalized spacial score (nSPS) is 10.2. The van der Waals surface area contributed by atoms with Gasteiger partial charge in [0, 0.05) is 0 Å². The van der Waals surface area contributed by atoms with Crippen molar-refractivity contribution in [3.63, 3.8) is 0 Å². The van der Waals surface area contributed by atoms with Gasteiger partial charge in [0.2, 0.25) is 0 Å². The summed E-state index contributed by atoms with van der Waals surface area (Å²) in [7, 11) is 0. The van der Waals surface area contributed by atoms with Crippen LogP contribution in [-0.4, -0.2) is 17.4 Å². The van der Waals surface area contributed by atoms with Gasteiger partial charge < -0.3 is 18.5 Å². The van der Waals surface area contributed by atoms with Crippen LogP contribution in [0.4, 0.5) is 0 Å². The number of hydrogen-bond acceptors (Lipinski definition) is 5. The predicted octanol–water partition coefficient (Wildman–Crippen LogP) is 3.35. The zero-order valence-electron chi connectivity index (χ0n) is 13.4. The number of furan rings is 2. The third-order valence-corrected chi connectivity index (χ3v) is 3.56. The van der Waals surface area contributed by atoms with E-state index in [2.05, 4.69) is 0 Å². The predicted molar refractivity (Wildman–Crippen MR) is 88.3 cm³/mol. The Morgan fingerprint density at radius 1 is 1.00 bits per heavy atom. The van der Waals surface area contributed by atoms with Crippen molar-refractivity contribution < 1.29 is 18.4 Å². The molecule has 0 N–H and O–H groups in total. The minimum absolute atomic E-state index is 0.180. The van der Waals surface area contributed by atoms with Gasteiger partial charge in [0.15, 0.2) is 6.61 Å². The number of benzene rings is 1. The molecule has 0 aliphatic carbocycles. The lowest BCUT2D eigenvalue weighted by Gasteiger charge is -2.21. The molecule has 0 unspecified atom stereocenters. The topological polar surface area (TPSA) is 79.6 Å². The summed E-state index contributed by atoms with van der Waals surface area (Å²) in [5.74, 6) is 1.48. The van der Waals surface area contributed by atoms with Gasteiger partial charge in [0.25, 0.3) is 5.91 Å². The lowest BCUT2D eigenvalue weighted by Crippen LogP contribution is -2.34. The third-order valence-electron chi connectivity index (χ3n) is 3.56. The maximum atomic E-state index is 12.6. The highest BCUT2D eigenvalue weighted by atomic mass is 16.5. The lowest BCUT2D eigenvalue weighted by atomic mass is 10.2. The largest absolute Gasteiger partial charge is 0.482 e. The quantitative estimate of drug-likeness (QED) is 0.661. The van der Waals surface area contributed by atoms with Crippen molar-refractivity contribution >= 4 is 5.91 Å². The maximum absolute atomic E-state index is 12.6. The summed E-state index contributed by atoms with van der Waals surface area (Å²) in [6.07, 6.45) is 3.12. The number of carbonyl (C=O) groups excluding carboxylic acids is 1. The molecular weight excluding hydrogens is 320 g/mol. The Labute approximate surface area is 144 Å².